The van der Waals surface area contributed by atoms with Crippen molar-refractivity contribution >= 4 is 40.6 Å². The molecule has 3 amide bonds. The monoisotopic (exact) mass is 730 g/mol. The largest absolute Gasteiger partial charge is 0.497 e. The molecule has 4 N–H and O–H groups in total. The molecule has 1 aromatic heterocycles. The van der Waals surface area contributed by atoms with Gasteiger partial charge in [-0.1, -0.05) is 71.4 Å². The average molecular weight is 731 g/mol. The van der Waals surface area contributed by atoms with E-state index in [-0.39, 0.29) is 24.3 Å². The van der Waals surface area contributed by atoms with E-state index in [0.29, 0.717) is 34.5 Å². The van der Waals surface area contributed by atoms with Crippen molar-refractivity contribution in [3.63, 3.8) is 0 Å². The van der Waals surface area contributed by atoms with E-state index in [0.717, 1.165) is 12.0 Å². The summed E-state index contributed by atoms with van der Waals surface area (Å²) in [6.45, 7) is 8.94. The third kappa shape index (κ3) is 9.91. The average Bonchev–Trinajstić information content (AvgIpc) is 3.58. The molecule has 0 bridgehead atoms. The molecule has 0 saturated heterocycles. The Morgan fingerprint density at radius 1 is 0.925 bits per heavy atom. The third-order valence-corrected chi connectivity index (χ3v) is 9.44. The summed E-state index contributed by atoms with van der Waals surface area (Å²) in [6.07, 6.45) is 2.33. The van der Waals surface area contributed by atoms with Crippen LogP contribution in [0.2, 0.25) is 0 Å². The first-order valence-electron chi connectivity index (χ1n) is 18.0. The first-order chi connectivity index (χ1) is 25.3. The molecule has 4 rings (SSSR count). The summed E-state index contributed by atoms with van der Waals surface area (Å²) in [7, 11) is 2.81. The molecule has 13 heteroatoms. The molecule has 1 aliphatic rings. The minimum absolute atomic E-state index is 0.0166. The highest BCUT2D eigenvalue weighted by atomic mass is 16.5. The van der Waals surface area contributed by atoms with Crippen molar-refractivity contribution in [2.75, 3.05) is 14.2 Å². The Balaban J connectivity index is 1.69. The molecule has 0 fully saturated rings. The van der Waals surface area contributed by atoms with E-state index in [4.69, 9.17) is 19.2 Å². The van der Waals surface area contributed by atoms with E-state index in [1.54, 1.807) is 46.1 Å². The molecule has 1 unspecified atom stereocenters. The fraction of sp³-hybridized carbons (Fsp3) is 0.450. The second-order valence-corrected chi connectivity index (χ2v) is 13.6. The number of benzene rings is 2. The predicted molar refractivity (Wildman–Crippen MR) is 199 cm³/mol. The van der Waals surface area contributed by atoms with Gasteiger partial charge in [0.25, 0.3) is 0 Å². The minimum Gasteiger partial charge on any atom is -0.497 e. The maximum Gasteiger partial charge on any atom is 0.328 e. The van der Waals surface area contributed by atoms with Crippen LogP contribution in [-0.2, 0) is 28.7 Å². The Kier molecular flexibility index (Phi) is 14.0. The van der Waals surface area contributed by atoms with Crippen LogP contribution in [0.5, 0.6) is 11.5 Å². The highest BCUT2D eigenvalue weighted by Crippen LogP contribution is 2.36. The van der Waals surface area contributed by atoms with Crippen molar-refractivity contribution in [1.29, 1.82) is 0 Å². The number of aromatic nitrogens is 1. The van der Waals surface area contributed by atoms with Gasteiger partial charge < -0.3 is 35.3 Å². The Bertz CT molecular complexity index is 1830. The van der Waals surface area contributed by atoms with Gasteiger partial charge in [0, 0.05) is 35.1 Å². The number of aliphatic carboxylic acids is 1. The number of esters is 1. The number of ether oxygens (including phenoxy) is 3. The number of carbonyl (C=O) groups excluding carboxylic acids is 4. The standard InChI is InChI=1S/C40H50N4O9/c1-8-13-23(5)35(40(50)52-7)44-38(47)34(22(3)4)43-37(46)29-19-26(18-28(29)36(45)42-30(9-2)39(48)49)53-33-21-31(24-14-11-10-12-15-24)41-32-20-25(51-6)16-17-27(32)33/h10-12,14-17,19-23,26,28,30,34-35H,8-9,13,18H2,1-7H3,(H,42,45)(H,43,46)(H,44,47)(H,48,49)/t23?,26-,28-,30-,34+,35+/m0/s1. The molecule has 1 heterocycles. The first-order valence-corrected chi connectivity index (χ1v) is 18.0. The Morgan fingerprint density at radius 2 is 1.64 bits per heavy atom. The number of nitrogens with one attached hydrogen (secondary N) is 3. The lowest BCUT2D eigenvalue weighted by Gasteiger charge is -2.28. The van der Waals surface area contributed by atoms with Crippen LogP contribution in [0.1, 0.15) is 60.3 Å². The second kappa shape index (κ2) is 18.3. The van der Waals surface area contributed by atoms with Gasteiger partial charge in [-0.15, -0.1) is 0 Å². The van der Waals surface area contributed by atoms with Crippen molar-refractivity contribution in [1.82, 2.24) is 20.9 Å². The van der Waals surface area contributed by atoms with Crippen molar-refractivity contribution < 1.29 is 43.3 Å². The third-order valence-electron chi connectivity index (χ3n) is 9.44. The number of rotatable bonds is 17. The van der Waals surface area contributed by atoms with E-state index < -0.39 is 65.7 Å². The van der Waals surface area contributed by atoms with Crippen molar-refractivity contribution in [3.8, 4) is 22.8 Å². The number of nitrogens with zero attached hydrogens (tertiary/aromatic N) is 1. The summed E-state index contributed by atoms with van der Waals surface area (Å²) in [6, 6.07) is 13.5. The number of carbonyl (C=O) groups is 5. The number of hydrogen-bond donors (Lipinski definition) is 4. The van der Waals surface area contributed by atoms with Crippen LogP contribution < -0.4 is 25.4 Å². The highest BCUT2D eigenvalue weighted by molar-refractivity contribution is 6.03. The molecule has 0 saturated carbocycles. The Hall–Kier alpha value is -5.46. The van der Waals surface area contributed by atoms with Crippen LogP contribution in [0.4, 0.5) is 0 Å². The predicted octanol–water partition coefficient (Wildman–Crippen LogP) is 4.82. The zero-order valence-electron chi connectivity index (χ0n) is 31.3. The summed E-state index contributed by atoms with van der Waals surface area (Å²) in [5.74, 6) is -4.42. The number of carboxylic acids is 1. The molecule has 2 aromatic carbocycles. The van der Waals surface area contributed by atoms with Gasteiger partial charge in [-0.3, -0.25) is 14.4 Å². The topological polar surface area (TPSA) is 182 Å². The van der Waals surface area contributed by atoms with E-state index in [2.05, 4.69) is 16.0 Å². The number of fused-ring (bicyclic) bond motifs is 1. The molecule has 284 valence electrons. The summed E-state index contributed by atoms with van der Waals surface area (Å²) < 4.78 is 16.9. The van der Waals surface area contributed by atoms with Gasteiger partial charge in [0.1, 0.15) is 35.7 Å². The summed E-state index contributed by atoms with van der Waals surface area (Å²) >= 11 is 0. The molecule has 0 radical (unpaired) electrons. The molecule has 53 heavy (non-hydrogen) atoms. The van der Waals surface area contributed by atoms with Gasteiger partial charge in [0.05, 0.1) is 31.3 Å². The number of methoxy groups -OCH3 is 2. The van der Waals surface area contributed by atoms with Gasteiger partial charge in [0.2, 0.25) is 17.7 Å². The number of amides is 3. The van der Waals surface area contributed by atoms with Crippen molar-refractivity contribution in [3.05, 3.63) is 66.2 Å². The normalized spacial score (nSPS) is 17.5. The fourth-order valence-corrected chi connectivity index (χ4v) is 6.42. The van der Waals surface area contributed by atoms with Gasteiger partial charge in [0.15, 0.2) is 0 Å². The van der Waals surface area contributed by atoms with E-state index in [9.17, 15) is 29.1 Å². The lowest BCUT2D eigenvalue weighted by molar-refractivity contribution is -0.147. The molecule has 0 spiro atoms. The lowest BCUT2D eigenvalue weighted by atomic mass is 9.95. The maximum absolute atomic E-state index is 14.1. The molecule has 3 aromatic rings. The number of pyridine rings is 1. The van der Waals surface area contributed by atoms with Crippen LogP contribution >= 0.6 is 0 Å². The van der Waals surface area contributed by atoms with E-state index in [1.165, 1.54) is 13.2 Å². The van der Waals surface area contributed by atoms with Crippen LogP contribution in [0.15, 0.2) is 66.2 Å². The fourth-order valence-electron chi connectivity index (χ4n) is 6.42. The van der Waals surface area contributed by atoms with Gasteiger partial charge in [-0.05, 0) is 42.9 Å². The van der Waals surface area contributed by atoms with Gasteiger partial charge >= 0.3 is 11.9 Å². The Labute approximate surface area is 309 Å². The number of hydrogen-bond acceptors (Lipinski definition) is 9. The lowest BCUT2D eigenvalue weighted by Crippen LogP contribution is -2.56. The second-order valence-electron chi connectivity index (χ2n) is 13.6. The number of carboxylic acid groups (broad SMARTS) is 1. The summed E-state index contributed by atoms with van der Waals surface area (Å²) in [5, 5.41) is 18.4. The summed E-state index contributed by atoms with van der Waals surface area (Å²) in [4.78, 5) is 70.7. The first kappa shape index (κ1) is 40.3. The SMILES string of the molecule is CCCC(C)[C@@H](NC(=O)[C@H](NC(=O)C1=C[C@@H](Oc2cc(-c3ccccc3)nc3cc(OC)ccc23)C[C@@H]1C(=O)N[C@@H](CC)C(=O)O)C(C)C)C(=O)OC. The van der Waals surface area contributed by atoms with Crippen LogP contribution in [0.25, 0.3) is 22.2 Å². The van der Waals surface area contributed by atoms with Crippen molar-refractivity contribution in [2.45, 2.75) is 84.5 Å². The molecular formula is C40H50N4O9. The molecule has 6 atom stereocenters. The minimum atomic E-state index is -1.21. The Morgan fingerprint density at radius 3 is 2.25 bits per heavy atom. The quantitative estimate of drug-likeness (QED) is 0.141. The maximum atomic E-state index is 14.1. The van der Waals surface area contributed by atoms with E-state index in [1.807, 2.05) is 50.2 Å². The zero-order chi connectivity index (χ0) is 38.8. The molecular weight excluding hydrogens is 680 g/mol. The van der Waals surface area contributed by atoms with Gasteiger partial charge in [-0.25, -0.2) is 14.6 Å². The van der Waals surface area contributed by atoms with Crippen molar-refractivity contribution in [2.24, 2.45) is 17.8 Å². The van der Waals surface area contributed by atoms with Crippen LogP contribution in [0.3, 0.4) is 0 Å². The van der Waals surface area contributed by atoms with Gasteiger partial charge in [-0.2, -0.15) is 0 Å². The highest BCUT2D eigenvalue weighted by Gasteiger charge is 2.40. The molecule has 0 aliphatic heterocycles. The smallest absolute Gasteiger partial charge is 0.328 e. The summed E-state index contributed by atoms with van der Waals surface area (Å²) in [5.41, 5.74) is 2.11. The van der Waals surface area contributed by atoms with E-state index >= 15 is 0 Å². The van der Waals surface area contributed by atoms with Crippen LogP contribution in [-0.4, -0.2) is 78.2 Å². The molecule has 13 nitrogen and oxygen atoms in total. The van der Waals surface area contributed by atoms with Crippen LogP contribution in [0, 0.1) is 17.8 Å². The molecule has 1 aliphatic carbocycles. The zero-order valence-corrected chi connectivity index (χ0v) is 31.3.